The highest BCUT2D eigenvalue weighted by Gasteiger charge is 2.36. The molecule has 2 aliphatic rings. The van der Waals surface area contributed by atoms with Gasteiger partial charge in [-0.05, 0) is 31.1 Å². The molecule has 1 saturated heterocycles. The summed E-state index contributed by atoms with van der Waals surface area (Å²) in [5.74, 6) is 1.45. The van der Waals surface area contributed by atoms with Crippen LogP contribution in [0, 0.1) is 11.8 Å². The molecule has 2 rings (SSSR count). The van der Waals surface area contributed by atoms with Gasteiger partial charge in [0.05, 0.1) is 0 Å². The summed E-state index contributed by atoms with van der Waals surface area (Å²) < 4.78 is 0. The van der Waals surface area contributed by atoms with E-state index in [4.69, 9.17) is 0 Å². The van der Waals surface area contributed by atoms with E-state index in [0.29, 0.717) is 13.1 Å². The second-order valence-corrected chi connectivity index (χ2v) is 5.78. The van der Waals surface area contributed by atoms with Crippen LogP contribution in [0.1, 0.15) is 39.0 Å². The first-order valence-electron chi connectivity index (χ1n) is 7.44. The summed E-state index contributed by atoms with van der Waals surface area (Å²) in [6, 6.07) is 0.0669. The molecule has 1 heterocycles. The number of carbonyl (C=O) groups excluding carboxylic acids is 2. The molecule has 1 saturated carbocycles. The molecule has 0 aromatic heterocycles. The zero-order valence-electron chi connectivity index (χ0n) is 11.8. The quantitative estimate of drug-likeness (QED) is 0.755. The Bertz CT molecular complexity index is 319. The van der Waals surface area contributed by atoms with Gasteiger partial charge >= 0.3 is 6.03 Å². The molecule has 5 nitrogen and oxygen atoms in total. The summed E-state index contributed by atoms with van der Waals surface area (Å²) in [6.07, 6.45) is 6.01. The fourth-order valence-corrected chi connectivity index (χ4v) is 3.23. The molecule has 1 aliphatic heterocycles. The maximum Gasteiger partial charge on any atom is 0.317 e. The molecule has 0 aromatic carbocycles. The molecule has 19 heavy (non-hydrogen) atoms. The first kappa shape index (κ1) is 14.2. The van der Waals surface area contributed by atoms with Gasteiger partial charge in [-0.25, -0.2) is 4.79 Å². The van der Waals surface area contributed by atoms with Crippen molar-refractivity contribution in [3.05, 3.63) is 0 Å². The van der Waals surface area contributed by atoms with Gasteiger partial charge in [0, 0.05) is 33.1 Å². The molecule has 2 N–H and O–H groups in total. The number of amides is 3. The molecular formula is C14H25N3O2. The second kappa shape index (κ2) is 6.78. The van der Waals surface area contributed by atoms with E-state index >= 15 is 0 Å². The number of hydrogen-bond acceptors (Lipinski definition) is 2. The highest BCUT2D eigenvalue weighted by atomic mass is 16.2. The number of urea groups is 1. The smallest absolute Gasteiger partial charge is 0.317 e. The van der Waals surface area contributed by atoms with Gasteiger partial charge in [0.15, 0.2) is 0 Å². The molecule has 3 amide bonds. The zero-order valence-corrected chi connectivity index (χ0v) is 11.8. The normalized spacial score (nSPS) is 25.8. The Labute approximate surface area is 115 Å². The molecule has 0 radical (unpaired) electrons. The fraction of sp³-hybridized carbons (Fsp3) is 0.857. The third-order valence-corrected chi connectivity index (χ3v) is 4.27. The number of carbonyl (C=O) groups is 2. The third-order valence-electron chi connectivity index (χ3n) is 4.27. The number of likely N-dealkylation sites (tertiary alicyclic amines) is 1. The van der Waals surface area contributed by atoms with Crippen molar-refractivity contribution in [2.75, 3.05) is 26.2 Å². The van der Waals surface area contributed by atoms with Gasteiger partial charge < -0.3 is 15.5 Å². The Balaban J connectivity index is 1.62. The molecule has 0 unspecified atom stereocenters. The molecule has 1 aliphatic carbocycles. The van der Waals surface area contributed by atoms with Crippen LogP contribution in [0.5, 0.6) is 0 Å². The van der Waals surface area contributed by atoms with E-state index in [1.54, 1.807) is 0 Å². The fourth-order valence-electron chi connectivity index (χ4n) is 3.23. The van der Waals surface area contributed by atoms with Crippen molar-refractivity contribution in [3.63, 3.8) is 0 Å². The SMILES string of the molecule is CC(=O)NCCCNC(=O)N1C[C@H]2CCCC[C@@H]2C1. The summed E-state index contributed by atoms with van der Waals surface area (Å²) in [5, 5.41) is 5.67. The van der Waals surface area contributed by atoms with Gasteiger partial charge in [0.1, 0.15) is 0 Å². The maximum absolute atomic E-state index is 12.0. The Morgan fingerprint density at radius 2 is 1.63 bits per heavy atom. The van der Waals surface area contributed by atoms with E-state index in [1.165, 1.54) is 32.6 Å². The molecule has 2 fully saturated rings. The van der Waals surface area contributed by atoms with Crippen molar-refractivity contribution in [1.82, 2.24) is 15.5 Å². The average Bonchev–Trinajstić information content (AvgIpc) is 2.81. The van der Waals surface area contributed by atoms with Gasteiger partial charge in [0.25, 0.3) is 0 Å². The molecule has 0 spiro atoms. The number of nitrogens with one attached hydrogen (secondary N) is 2. The van der Waals surface area contributed by atoms with Crippen molar-refractivity contribution in [2.24, 2.45) is 11.8 Å². The van der Waals surface area contributed by atoms with Gasteiger partial charge in [-0.15, -0.1) is 0 Å². The van der Waals surface area contributed by atoms with E-state index in [9.17, 15) is 9.59 Å². The van der Waals surface area contributed by atoms with Crippen molar-refractivity contribution in [1.29, 1.82) is 0 Å². The van der Waals surface area contributed by atoms with Gasteiger partial charge in [-0.2, -0.15) is 0 Å². The number of fused-ring (bicyclic) bond motifs is 1. The first-order valence-corrected chi connectivity index (χ1v) is 7.44. The maximum atomic E-state index is 12.0. The standard InChI is InChI=1S/C14H25N3O2/c1-11(18)15-7-4-8-16-14(19)17-9-12-5-2-3-6-13(12)10-17/h12-13H,2-10H2,1H3,(H,15,18)(H,16,19)/t12-,13-/m1/s1. The van der Waals surface area contributed by atoms with E-state index < -0.39 is 0 Å². The van der Waals surface area contributed by atoms with Crippen LogP contribution in [0.2, 0.25) is 0 Å². The molecule has 0 bridgehead atoms. The lowest BCUT2D eigenvalue weighted by Crippen LogP contribution is -2.39. The minimum Gasteiger partial charge on any atom is -0.356 e. The van der Waals surface area contributed by atoms with Crippen LogP contribution in [0.4, 0.5) is 4.79 Å². The molecule has 5 heteroatoms. The van der Waals surface area contributed by atoms with Gasteiger partial charge in [0.2, 0.25) is 5.91 Å². The third kappa shape index (κ3) is 4.11. The van der Waals surface area contributed by atoms with Crippen LogP contribution >= 0.6 is 0 Å². The second-order valence-electron chi connectivity index (χ2n) is 5.78. The van der Waals surface area contributed by atoms with E-state index in [0.717, 1.165) is 31.3 Å². The number of nitrogens with zero attached hydrogens (tertiary/aromatic N) is 1. The monoisotopic (exact) mass is 267 g/mol. The number of hydrogen-bond donors (Lipinski definition) is 2. The summed E-state index contributed by atoms with van der Waals surface area (Å²) in [5.41, 5.74) is 0. The van der Waals surface area contributed by atoms with Crippen LogP contribution in [0.25, 0.3) is 0 Å². The Hall–Kier alpha value is -1.26. The molecule has 0 aromatic rings. The van der Waals surface area contributed by atoms with Crippen LogP contribution in [0.3, 0.4) is 0 Å². The summed E-state index contributed by atoms with van der Waals surface area (Å²) in [4.78, 5) is 24.7. The Morgan fingerprint density at radius 1 is 1.05 bits per heavy atom. The predicted molar refractivity (Wildman–Crippen MR) is 73.7 cm³/mol. The largest absolute Gasteiger partial charge is 0.356 e. The lowest BCUT2D eigenvalue weighted by molar-refractivity contribution is -0.118. The van der Waals surface area contributed by atoms with Crippen molar-refractivity contribution in [3.8, 4) is 0 Å². The van der Waals surface area contributed by atoms with Crippen LogP contribution in [0.15, 0.2) is 0 Å². The Morgan fingerprint density at radius 3 is 2.21 bits per heavy atom. The molecule has 108 valence electrons. The molecular weight excluding hydrogens is 242 g/mol. The van der Waals surface area contributed by atoms with Crippen molar-refractivity contribution in [2.45, 2.75) is 39.0 Å². The van der Waals surface area contributed by atoms with Crippen molar-refractivity contribution < 1.29 is 9.59 Å². The Kier molecular flexibility index (Phi) is 5.05. The topological polar surface area (TPSA) is 61.4 Å². The van der Waals surface area contributed by atoms with Crippen LogP contribution < -0.4 is 10.6 Å². The highest BCUT2D eigenvalue weighted by molar-refractivity contribution is 5.74. The summed E-state index contributed by atoms with van der Waals surface area (Å²) >= 11 is 0. The van der Waals surface area contributed by atoms with Gasteiger partial charge in [-0.3, -0.25) is 4.79 Å². The van der Waals surface area contributed by atoms with Crippen LogP contribution in [-0.2, 0) is 4.79 Å². The minimum atomic E-state index is -0.0186. The predicted octanol–water partition coefficient (Wildman–Crippen LogP) is 1.34. The van der Waals surface area contributed by atoms with Crippen LogP contribution in [-0.4, -0.2) is 43.0 Å². The van der Waals surface area contributed by atoms with Crippen molar-refractivity contribution >= 4 is 11.9 Å². The lowest BCUT2D eigenvalue weighted by Gasteiger charge is -2.22. The van der Waals surface area contributed by atoms with E-state index in [1.807, 2.05) is 4.90 Å². The highest BCUT2D eigenvalue weighted by Crippen LogP contribution is 2.35. The number of rotatable bonds is 4. The molecule has 2 atom stereocenters. The first-order chi connectivity index (χ1) is 9.16. The van der Waals surface area contributed by atoms with Gasteiger partial charge in [-0.1, -0.05) is 12.8 Å². The lowest BCUT2D eigenvalue weighted by atomic mass is 9.82. The zero-order chi connectivity index (χ0) is 13.7. The average molecular weight is 267 g/mol. The van der Waals surface area contributed by atoms with E-state index in [2.05, 4.69) is 10.6 Å². The minimum absolute atomic E-state index is 0.0186. The van der Waals surface area contributed by atoms with E-state index in [-0.39, 0.29) is 11.9 Å². The summed E-state index contributed by atoms with van der Waals surface area (Å²) in [6.45, 7) is 4.63. The summed E-state index contributed by atoms with van der Waals surface area (Å²) in [7, 11) is 0.